The summed E-state index contributed by atoms with van der Waals surface area (Å²) in [6, 6.07) is 8.07. The number of nitrogens with one attached hydrogen (secondary N) is 2. The van der Waals surface area contributed by atoms with Crippen molar-refractivity contribution in [3.63, 3.8) is 0 Å². The summed E-state index contributed by atoms with van der Waals surface area (Å²) in [5.41, 5.74) is 2.57. The van der Waals surface area contributed by atoms with Crippen LogP contribution in [0.3, 0.4) is 0 Å². The Labute approximate surface area is 169 Å². The Morgan fingerprint density at radius 2 is 1.85 bits per heavy atom. The molecule has 0 amide bonds. The molecular formula is C21H26ClN4S+. The molecule has 4 rings (SSSR count). The molecule has 1 fully saturated rings. The number of fused-ring (bicyclic) bond motifs is 1. The Bertz CT molecular complexity index is 929. The van der Waals surface area contributed by atoms with Crippen molar-refractivity contribution in [1.82, 2.24) is 9.97 Å². The van der Waals surface area contributed by atoms with Gasteiger partial charge in [0.25, 0.3) is 0 Å². The van der Waals surface area contributed by atoms with Crippen LogP contribution in [-0.4, -0.2) is 29.6 Å². The number of thiophene rings is 1. The Morgan fingerprint density at radius 3 is 2.59 bits per heavy atom. The molecular weight excluding hydrogens is 376 g/mol. The molecule has 1 aliphatic heterocycles. The summed E-state index contributed by atoms with van der Waals surface area (Å²) >= 11 is 7.76. The third-order valence-electron chi connectivity index (χ3n) is 5.41. The van der Waals surface area contributed by atoms with E-state index in [0.29, 0.717) is 0 Å². The molecule has 2 aromatic heterocycles. The molecule has 1 saturated heterocycles. The molecule has 4 nitrogen and oxygen atoms in total. The van der Waals surface area contributed by atoms with Crippen molar-refractivity contribution in [3.05, 3.63) is 51.1 Å². The fraction of sp³-hybridized carbons (Fsp3) is 0.429. The molecule has 0 saturated carbocycles. The SMILES string of the molecule is Cc1sc2nc(C[NH+]3CCCC3)nc(NCCc3ccc(Cl)cc3)c2c1C. The van der Waals surface area contributed by atoms with E-state index in [0.717, 1.165) is 41.0 Å². The van der Waals surface area contributed by atoms with Crippen LogP contribution >= 0.6 is 22.9 Å². The van der Waals surface area contributed by atoms with E-state index in [-0.39, 0.29) is 0 Å². The number of aromatic nitrogens is 2. The van der Waals surface area contributed by atoms with Crippen molar-refractivity contribution < 1.29 is 4.90 Å². The Morgan fingerprint density at radius 1 is 1.11 bits per heavy atom. The zero-order valence-electron chi connectivity index (χ0n) is 15.9. The number of rotatable bonds is 6. The first-order valence-electron chi connectivity index (χ1n) is 9.68. The zero-order chi connectivity index (χ0) is 18.8. The van der Waals surface area contributed by atoms with E-state index >= 15 is 0 Å². The highest BCUT2D eigenvalue weighted by Crippen LogP contribution is 2.33. The van der Waals surface area contributed by atoms with Crippen LogP contribution in [0.15, 0.2) is 24.3 Å². The number of benzene rings is 1. The molecule has 0 aliphatic carbocycles. The number of hydrogen-bond donors (Lipinski definition) is 2. The maximum absolute atomic E-state index is 5.98. The molecule has 1 aliphatic rings. The Kier molecular flexibility index (Phi) is 5.62. The molecule has 0 unspecified atom stereocenters. The maximum Gasteiger partial charge on any atom is 0.187 e. The van der Waals surface area contributed by atoms with Gasteiger partial charge in [0, 0.05) is 29.3 Å². The van der Waals surface area contributed by atoms with E-state index in [1.165, 1.54) is 47.3 Å². The third kappa shape index (κ3) is 4.26. The second-order valence-electron chi connectivity index (χ2n) is 7.39. The van der Waals surface area contributed by atoms with E-state index in [1.54, 1.807) is 16.2 Å². The van der Waals surface area contributed by atoms with E-state index in [1.807, 2.05) is 12.1 Å². The van der Waals surface area contributed by atoms with Crippen LogP contribution in [0.1, 0.15) is 34.7 Å². The molecule has 3 heterocycles. The fourth-order valence-electron chi connectivity index (χ4n) is 3.75. The van der Waals surface area contributed by atoms with Gasteiger partial charge in [0.05, 0.1) is 18.5 Å². The van der Waals surface area contributed by atoms with Crippen LogP contribution in [0, 0.1) is 13.8 Å². The number of quaternary nitrogens is 1. The summed E-state index contributed by atoms with van der Waals surface area (Å²) < 4.78 is 0. The summed E-state index contributed by atoms with van der Waals surface area (Å²) in [7, 11) is 0. The van der Waals surface area contributed by atoms with Gasteiger partial charge < -0.3 is 10.2 Å². The lowest BCUT2D eigenvalue weighted by atomic mass is 10.1. The van der Waals surface area contributed by atoms with Gasteiger partial charge in [-0.2, -0.15) is 0 Å². The average Bonchev–Trinajstić information content (AvgIpc) is 3.25. The number of nitrogens with zero attached hydrogens (tertiary/aromatic N) is 2. The number of likely N-dealkylation sites (tertiary alicyclic amines) is 1. The number of aryl methyl sites for hydroxylation is 2. The molecule has 27 heavy (non-hydrogen) atoms. The standard InChI is InChI=1S/C21H25ClN4S/c1-14-15(2)27-21-19(14)20(23-10-9-16-5-7-17(22)8-6-16)24-18(25-21)13-26-11-3-4-12-26/h5-8H,3-4,9-13H2,1-2H3,(H,23,24,25)/p+1. The quantitative estimate of drug-likeness (QED) is 0.660. The van der Waals surface area contributed by atoms with Crippen molar-refractivity contribution in [1.29, 1.82) is 0 Å². The summed E-state index contributed by atoms with van der Waals surface area (Å²) in [5.74, 6) is 1.96. The summed E-state index contributed by atoms with van der Waals surface area (Å²) in [6.45, 7) is 8.60. The lowest BCUT2D eigenvalue weighted by Gasteiger charge is -2.13. The van der Waals surface area contributed by atoms with Crippen molar-refractivity contribution in [2.24, 2.45) is 0 Å². The van der Waals surface area contributed by atoms with Gasteiger partial charge in [-0.25, -0.2) is 9.97 Å². The largest absolute Gasteiger partial charge is 0.369 e. The number of hydrogen-bond acceptors (Lipinski definition) is 4. The first-order chi connectivity index (χ1) is 13.1. The highest BCUT2D eigenvalue weighted by molar-refractivity contribution is 7.18. The van der Waals surface area contributed by atoms with Crippen LogP contribution in [0.4, 0.5) is 5.82 Å². The van der Waals surface area contributed by atoms with Gasteiger partial charge in [0.2, 0.25) is 0 Å². The second kappa shape index (κ2) is 8.13. The smallest absolute Gasteiger partial charge is 0.187 e. The normalized spacial score (nSPS) is 14.9. The summed E-state index contributed by atoms with van der Waals surface area (Å²) in [6.07, 6.45) is 3.58. The molecule has 0 bridgehead atoms. The maximum atomic E-state index is 5.98. The second-order valence-corrected chi connectivity index (χ2v) is 9.03. The van der Waals surface area contributed by atoms with Gasteiger partial charge in [-0.3, -0.25) is 0 Å². The molecule has 6 heteroatoms. The summed E-state index contributed by atoms with van der Waals surface area (Å²) in [4.78, 5) is 13.9. The highest BCUT2D eigenvalue weighted by Gasteiger charge is 2.20. The highest BCUT2D eigenvalue weighted by atomic mass is 35.5. The minimum atomic E-state index is 0.780. The van der Waals surface area contributed by atoms with E-state index < -0.39 is 0 Å². The van der Waals surface area contributed by atoms with E-state index in [4.69, 9.17) is 21.6 Å². The van der Waals surface area contributed by atoms with Gasteiger partial charge >= 0.3 is 0 Å². The lowest BCUT2D eigenvalue weighted by Crippen LogP contribution is -3.08. The van der Waals surface area contributed by atoms with Crippen LogP contribution in [0.2, 0.25) is 5.02 Å². The van der Waals surface area contributed by atoms with Crippen LogP contribution in [0.5, 0.6) is 0 Å². The van der Waals surface area contributed by atoms with Gasteiger partial charge in [-0.1, -0.05) is 23.7 Å². The zero-order valence-corrected chi connectivity index (χ0v) is 17.5. The van der Waals surface area contributed by atoms with Crippen molar-refractivity contribution in [2.75, 3.05) is 25.0 Å². The summed E-state index contributed by atoms with van der Waals surface area (Å²) in [5, 5.41) is 5.55. The minimum absolute atomic E-state index is 0.780. The monoisotopic (exact) mass is 401 g/mol. The molecule has 0 radical (unpaired) electrons. The van der Waals surface area contributed by atoms with Crippen LogP contribution in [0.25, 0.3) is 10.2 Å². The first kappa shape index (κ1) is 18.7. The number of anilines is 1. The van der Waals surface area contributed by atoms with E-state index in [9.17, 15) is 0 Å². The minimum Gasteiger partial charge on any atom is -0.369 e. The van der Waals surface area contributed by atoms with Crippen LogP contribution in [-0.2, 0) is 13.0 Å². The molecule has 3 aromatic rings. The topological polar surface area (TPSA) is 42.2 Å². The predicted octanol–water partition coefficient (Wildman–Crippen LogP) is 3.79. The van der Waals surface area contributed by atoms with Gasteiger partial charge in [-0.15, -0.1) is 11.3 Å². The van der Waals surface area contributed by atoms with Crippen molar-refractivity contribution in [2.45, 2.75) is 39.7 Å². The van der Waals surface area contributed by atoms with E-state index in [2.05, 4.69) is 31.3 Å². The average molecular weight is 402 g/mol. The molecule has 0 spiro atoms. The Balaban J connectivity index is 1.55. The van der Waals surface area contributed by atoms with Gasteiger partial charge in [0.1, 0.15) is 17.2 Å². The van der Waals surface area contributed by atoms with Crippen molar-refractivity contribution >= 4 is 39.0 Å². The van der Waals surface area contributed by atoms with Gasteiger partial charge in [0.15, 0.2) is 5.82 Å². The molecule has 0 atom stereocenters. The van der Waals surface area contributed by atoms with Crippen LogP contribution < -0.4 is 10.2 Å². The predicted molar refractivity (Wildman–Crippen MR) is 114 cm³/mol. The Hall–Kier alpha value is -1.69. The fourth-order valence-corrected chi connectivity index (χ4v) is 4.93. The number of halogens is 1. The first-order valence-corrected chi connectivity index (χ1v) is 10.9. The van der Waals surface area contributed by atoms with Crippen molar-refractivity contribution in [3.8, 4) is 0 Å². The lowest BCUT2D eigenvalue weighted by molar-refractivity contribution is -0.902. The van der Waals surface area contributed by atoms with Gasteiger partial charge in [-0.05, 0) is 43.5 Å². The molecule has 142 valence electrons. The molecule has 2 N–H and O–H groups in total. The third-order valence-corrected chi connectivity index (χ3v) is 6.77. The molecule has 1 aromatic carbocycles.